The van der Waals surface area contributed by atoms with E-state index in [9.17, 15) is 0 Å². The van der Waals surface area contributed by atoms with Gasteiger partial charge < -0.3 is 0 Å². The smallest absolute Gasteiger partial charge is 0.00826 e. The summed E-state index contributed by atoms with van der Waals surface area (Å²) >= 11 is 0. The quantitative estimate of drug-likeness (QED) is 0.738. The molecule has 19 heavy (non-hydrogen) atoms. The molecule has 0 radical (unpaired) electrons. The van der Waals surface area contributed by atoms with Crippen molar-refractivity contribution >= 4 is 27.8 Å². The normalized spacial score (nSPS) is 15.4. The van der Waals surface area contributed by atoms with Crippen LogP contribution >= 0.6 is 17.2 Å². The zero-order valence-corrected chi connectivity index (χ0v) is 12.6. The summed E-state index contributed by atoms with van der Waals surface area (Å²) in [5.74, 6) is 0. The van der Waals surface area contributed by atoms with Crippen LogP contribution < -0.4 is 10.6 Å². The molecule has 0 bridgehead atoms. The van der Waals surface area contributed by atoms with E-state index in [0.717, 1.165) is 23.6 Å². The Morgan fingerprint density at radius 1 is 0.684 bits per heavy atom. The first kappa shape index (κ1) is 12.8. The molecule has 2 unspecified atom stereocenters. The lowest BCUT2D eigenvalue weighted by molar-refractivity contribution is 1.41. The molecule has 2 aromatic rings. The third-order valence-corrected chi connectivity index (χ3v) is 6.06. The Hall–Kier alpha value is -1.22. The lowest BCUT2D eigenvalue weighted by atomic mass is 10.4. The molecule has 0 aromatic heterocycles. The molecule has 2 atom stereocenters. The van der Waals surface area contributed by atoms with Gasteiger partial charge in [-0.05, 0) is 27.7 Å². The Morgan fingerprint density at radius 3 is 1.89 bits per heavy atom. The molecule has 2 heteroatoms. The molecule has 1 aliphatic carbocycles. The van der Waals surface area contributed by atoms with Crippen molar-refractivity contribution in [2.24, 2.45) is 0 Å². The molecule has 94 valence electrons. The zero-order valence-electron chi connectivity index (χ0n) is 10.6. The van der Waals surface area contributed by atoms with Gasteiger partial charge in [-0.1, -0.05) is 90.0 Å². The molecule has 0 heterocycles. The summed E-state index contributed by atoms with van der Waals surface area (Å²) in [6.07, 6.45) is 5.75. The van der Waals surface area contributed by atoms with E-state index in [1.54, 1.807) is 5.31 Å². The van der Waals surface area contributed by atoms with E-state index in [1.807, 2.05) is 0 Å². The van der Waals surface area contributed by atoms with Gasteiger partial charge in [0, 0.05) is 0 Å². The molecule has 3 rings (SSSR count). The van der Waals surface area contributed by atoms with Crippen LogP contribution in [0.15, 0.2) is 83.4 Å². The highest BCUT2D eigenvalue weighted by Crippen LogP contribution is 2.41. The van der Waals surface area contributed by atoms with Gasteiger partial charge in [-0.25, -0.2) is 0 Å². The van der Waals surface area contributed by atoms with Crippen LogP contribution in [-0.4, -0.2) is 0 Å². The minimum absolute atomic E-state index is 0.790. The fourth-order valence-corrected chi connectivity index (χ4v) is 4.76. The second-order valence-electron chi connectivity index (χ2n) is 4.48. The summed E-state index contributed by atoms with van der Waals surface area (Å²) < 4.78 is 0. The lowest BCUT2D eigenvalue weighted by Gasteiger charge is -2.08. The van der Waals surface area contributed by atoms with Crippen molar-refractivity contribution in [1.29, 1.82) is 0 Å². The third-order valence-electron chi connectivity index (χ3n) is 3.05. The van der Waals surface area contributed by atoms with E-state index in [2.05, 4.69) is 72.8 Å². The van der Waals surface area contributed by atoms with Gasteiger partial charge in [-0.2, -0.15) is 0 Å². The zero-order chi connectivity index (χ0) is 12.9. The molecule has 0 amide bonds. The van der Waals surface area contributed by atoms with Crippen molar-refractivity contribution in [3.8, 4) is 0 Å². The predicted molar refractivity (Wildman–Crippen MR) is 89.6 cm³/mol. The topological polar surface area (TPSA) is 0 Å². The summed E-state index contributed by atoms with van der Waals surface area (Å²) in [5, 5.41) is 6.01. The number of allylic oxidation sites excluding steroid dienone is 4. The predicted octanol–water partition coefficient (Wildman–Crippen LogP) is 4.17. The highest BCUT2D eigenvalue weighted by Gasteiger charge is 2.10. The number of rotatable bonds is 4. The molecule has 0 saturated heterocycles. The third kappa shape index (κ3) is 3.41. The van der Waals surface area contributed by atoms with Crippen molar-refractivity contribution in [2.45, 2.75) is 6.42 Å². The Balaban J connectivity index is 1.78. The summed E-state index contributed by atoms with van der Waals surface area (Å²) in [5.41, 5.74) is 0. The first-order valence-corrected chi connectivity index (χ1v) is 8.46. The summed E-state index contributed by atoms with van der Waals surface area (Å²) in [6, 6.07) is 21.6. The van der Waals surface area contributed by atoms with Gasteiger partial charge in [0.25, 0.3) is 0 Å². The summed E-state index contributed by atoms with van der Waals surface area (Å²) in [7, 11) is 1.60. The maximum absolute atomic E-state index is 2.32. The van der Waals surface area contributed by atoms with Gasteiger partial charge in [-0.3, -0.25) is 0 Å². The van der Waals surface area contributed by atoms with E-state index in [1.165, 1.54) is 15.9 Å². The number of benzene rings is 2. The van der Waals surface area contributed by atoms with Crippen molar-refractivity contribution in [3.05, 3.63) is 83.4 Å². The number of hydrogen-bond acceptors (Lipinski definition) is 0. The van der Waals surface area contributed by atoms with Crippen molar-refractivity contribution in [3.63, 3.8) is 0 Å². The second-order valence-corrected chi connectivity index (χ2v) is 7.28. The SMILES string of the molecule is C1=CC(Pc2ccccc2)=C(Pc2ccccc2)C1. The van der Waals surface area contributed by atoms with Gasteiger partial charge in [0.2, 0.25) is 0 Å². The molecule has 0 aliphatic heterocycles. The molecule has 0 saturated carbocycles. The minimum Gasteiger partial charge on any atom is -0.0794 e. The molecular formula is C17H16P2. The minimum atomic E-state index is 0.790. The fourth-order valence-electron chi connectivity index (χ4n) is 2.11. The van der Waals surface area contributed by atoms with Crippen LogP contribution in [0.3, 0.4) is 0 Å². The Labute approximate surface area is 118 Å². The Bertz CT molecular complexity index is 598. The van der Waals surface area contributed by atoms with Crippen LogP contribution in [0.25, 0.3) is 0 Å². The van der Waals surface area contributed by atoms with E-state index < -0.39 is 0 Å². The molecule has 0 fully saturated rings. The van der Waals surface area contributed by atoms with Crippen LogP contribution in [0.5, 0.6) is 0 Å². The van der Waals surface area contributed by atoms with Crippen LogP contribution in [-0.2, 0) is 0 Å². The number of hydrogen-bond donors (Lipinski definition) is 0. The van der Waals surface area contributed by atoms with Crippen LogP contribution in [0.1, 0.15) is 6.42 Å². The van der Waals surface area contributed by atoms with Gasteiger partial charge in [-0.15, -0.1) is 0 Å². The van der Waals surface area contributed by atoms with Gasteiger partial charge >= 0.3 is 0 Å². The summed E-state index contributed by atoms with van der Waals surface area (Å²) in [4.78, 5) is 0. The monoisotopic (exact) mass is 282 g/mol. The Kier molecular flexibility index (Phi) is 4.23. The summed E-state index contributed by atoms with van der Waals surface area (Å²) in [6.45, 7) is 0. The maximum Gasteiger partial charge on any atom is -0.00826 e. The molecule has 0 N–H and O–H groups in total. The van der Waals surface area contributed by atoms with Crippen LogP contribution in [0.2, 0.25) is 0 Å². The van der Waals surface area contributed by atoms with Crippen molar-refractivity contribution < 1.29 is 0 Å². The second kappa shape index (κ2) is 6.29. The average molecular weight is 282 g/mol. The molecule has 1 aliphatic rings. The van der Waals surface area contributed by atoms with Crippen molar-refractivity contribution in [1.82, 2.24) is 0 Å². The molecule has 0 nitrogen and oxygen atoms in total. The lowest BCUT2D eigenvalue weighted by Crippen LogP contribution is -1.94. The molecular weight excluding hydrogens is 266 g/mol. The fraction of sp³-hybridized carbons (Fsp3) is 0.0588. The van der Waals surface area contributed by atoms with Crippen LogP contribution in [0, 0.1) is 0 Å². The first-order chi connectivity index (χ1) is 9.42. The highest BCUT2D eigenvalue weighted by atomic mass is 31.1. The van der Waals surface area contributed by atoms with E-state index in [-0.39, 0.29) is 0 Å². The van der Waals surface area contributed by atoms with E-state index in [4.69, 9.17) is 0 Å². The largest absolute Gasteiger partial charge is 0.0794 e. The molecule has 2 aromatic carbocycles. The van der Waals surface area contributed by atoms with Gasteiger partial charge in [0.05, 0.1) is 0 Å². The maximum atomic E-state index is 2.32. The first-order valence-electron chi connectivity index (χ1n) is 6.46. The van der Waals surface area contributed by atoms with Gasteiger partial charge in [0.1, 0.15) is 0 Å². The van der Waals surface area contributed by atoms with E-state index >= 15 is 0 Å². The van der Waals surface area contributed by atoms with Crippen molar-refractivity contribution in [2.75, 3.05) is 0 Å². The Morgan fingerprint density at radius 2 is 1.26 bits per heavy atom. The van der Waals surface area contributed by atoms with Crippen LogP contribution in [0.4, 0.5) is 0 Å². The highest BCUT2D eigenvalue weighted by molar-refractivity contribution is 7.56. The average Bonchev–Trinajstić information content (AvgIpc) is 2.88. The van der Waals surface area contributed by atoms with Gasteiger partial charge in [0.15, 0.2) is 0 Å². The van der Waals surface area contributed by atoms with E-state index in [0.29, 0.717) is 0 Å². The standard InChI is InChI=1S/C17H16P2/c1-3-8-14(9-4-1)18-16-12-7-13-17(16)19-15-10-5-2-6-11-15/h1-12,18-19H,13H2. The molecule has 0 spiro atoms.